The van der Waals surface area contributed by atoms with Crippen LogP contribution in [0.2, 0.25) is 0 Å². The molecule has 2 heteroatoms. The number of nitrogens with zero attached hydrogens (tertiary/aromatic N) is 1. The minimum absolute atomic E-state index is 0.791. The highest BCUT2D eigenvalue weighted by Gasteiger charge is 2.21. The maximum atomic E-state index is 4.70. The molecule has 0 atom stereocenters. The van der Waals surface area contributed by atoms with E-state index in [1.54, 1.807) is 0 Å². The summed E-state index contributed by atoms with van der Waals surface area (Å²) in [6.45, 7) is 11.8. The molecule has 2 aromatic carbocycles. The van der Waals surface area contributed by atoms with E-state index >= 15 is 0 Å². The molecule has 1 heterocycles. The number of benzene rings is 2. The van der Waals surface area contributed by atoms with Crippen molar-refractivity contribution >= 4 is 5.70 Å². The van der Waals surface area contributed by atoms with E-state index in [9.17, 15) is 0 Å². The Morgan fingerprint density at radius 1 is 1.00 bits per heavy atom. The van der Waals surface area contributed by atoms with Gasteiger partial charge in [-0.1, -0.05) is 69.7 Å². The number of hydrogen-bond acceptors (Lipinski definition) is 2. The fourth-order valence-electron chi connectivity index (χ4n) is 4.54. The highest BCUT2D eigenvalue weighted by molar-refractivity contribution is 5.73. The molecule has 32 heavy (non-hydrogen) atoms. The molecular formula is C30H36N2. The van der Waals surface area contributed by atoms with E-state index in [0.717, 1.165) is 43.1 Å². The fourth-order valence-corrected chi connectivity index (χ4v) is 4.54. The lowest BCUT2D eigenvalue weighted by Gasteiger charge is -2.17. The van der Waals surface area contributed by atoms with Crippen LogP contribution in [0, 0.1) is 12.8 Å². The Hall–Kier alpha value is -2.87. The van der Waals surface area contributed by atoms with Crippen molar-refractivity contribution in [3.05, 3.63) is 94.7 Å². The second-order valence-corrected chi connectivity index (χ2v) is 9.17. The summed E-state index contributed by atoms with van der Waals surface area (Å²) in [5.74, 6) is 0.922. The molecule has 0 amide bonds. The van der Waals surface area contributed by atoms with Gasteiger partial charge in [0.05, 0.1) is 5.69 Å². The first-order valence-corrected chi connectivity index (χ1v) is 12.2. The smallest absolute Gasteiger partial charge is 0.0734 e. The molecule has 0 unspecified atom stereocenters. The Balaban J connectivity index is 1.58. The number of aromatic nitrogens is 1. The highest BCUT2D eigenvalue weighted by Crippen LogP contribution is 2.35. The molecule has 4 rings (SSSR count). The molecule has 1 aromatic heterocycles. The summed E-state index contributed by atoms with van der Waals surface area (Å²) in [4.78, 5) is 4.70. The molecule has 1 aliphatic carbocycles. The largest absolute Gasteiger partial charge is 0.381 e. The molecule has 0 radical (unpaired) electrons. The van der Waals surface area contributed by atoms with Gasteiger partial charge in [-0.15, -0.1) is 0 Å². The Bertz CT molecular complexity index is 1090. The van der Waals surface area contributed by atoms with E-state index in [1.165, 1.54) is 58.2 Å². The Morgan fingerprint density at radius 3 is 2.50 bits per heavy atom. The molecule has 1 N–H and O–H groups in total. The topological polar surface area (TPSA) is 24.9 Å². The van der Waals surface area contributed by atoms with Crippen molar-refractivity contribution in [2.24, 2.45) is 5.92 Å². The molecule has 0 aliphatic heterocycles. The van der Waals surface area contributed by atoms with Crippen molar-refractivity contribution < 1.29 is 0 Å². The summed E-state index contributed by atoms with van der Waals surface area (Å²) in [6, 6.07) is 17.8. The maximum Gasteiger partial charge on any atom is 0.0734 e. The van der Waals surface area contributed by atoms with Crippen LogP contribution < -0.4 is 5.32 Å². The summed E-state index contributed by atoms with van der Waals surface area (Å²) in [7, 11) is 0. The SMILES string of the molecule is C=C(NCc1ccc(CC)c(C)c1)c1cc(-c2ncccc2CC)ccc1CCC1CC1. The van der Waals surface area contributed by atoms with Gasteiger partial charge in [0.1, 0.15) is 0 Å². The van der Waals surface area contributed by atoms with E-state index in [1.807, 2.05) is 12.3 Å². The van der Waals surface area contributed by atoms with Crippen molar-refractivity contribution in [2.75, 3.05) is 0 Å². The molecule has 0 spiro atoms. The minimum atomic E-state index is 0.791. The summed E-state index contributed by atoms with van der Waals surface area (Å²) in [5.41, 5.74) is 11.3. The van der Waals surface area contributed by atoms with Crippen LogP contribution in [-0.4, -0.2) is 4.98 Å². The van der Waals surface area contributed by atoms with Gasteiger partial charge in [-0.2, -0.15) is 0 Å². The van der Waals surface area contributed by atoms with E-state index in [-0.39, 0.29) is 0 Å². The predicted octanol–water partition coefficient (Wildman–Crippen LogP) is 7.28. The summed E-state index contributed by atoms with van der Waals surface area (Å²) >= 11 is 0. The molecule has 1 aliphatic rings. The molecule has 0 bridgehead atoms. The molecule has 166 valence electrons. The van der Waals surface area contributed by atoms with E-state index in [0.29, 0.717) is 0 Å². The summed E-state index contributed by atoms with van der Waals surface area (Å²) in [5, 5.41) is 3.62. The normalized spacial score (nSPS) is 13.2. The number of nitrogens with one attached hydrogen (secondary N) is 1. The first-order chi connectivity index (χ1) is 15.6. The second-order valence-electron chi connectivity index (χ2n) is 9.17. The standard InChI is InChI=1S/C30H36N2/c1-5-25-13-12-24(18-21(25)3)20-32-22(4)29-19-28(30-26(6-2)8-7-17-31-30)16-15-27(29)14-11-23-9-10-23/h7-8,12-13,15-19,23,32H,4-6,9-11,14,20H2,1-3H3. The summed E-state index contributed by atoms with van der Waals surface area (Å²) < 4.78 is 0. The molecule has 3 aromatic rings. The van der Waals surface area contributed by atoms with Crippen molar-refractivity contribution in [2.45, 2.75) is 65.8 Å². The lowest BCUT2D eigenvalue weighted by molar-refractivity contribution is 0.725. The van der Waals surface area contributed by atoms with Crippen LogP contribution in [0.15, 0.2) is 61.3 Å². The maximum absolute atomic E-state index is 4.70. The average molecular weight is 425 g/mol. The second kappa shape index (κ2) is 10.2. The van der Waals surface area contributed by atoms with Gasteiger partial charge in [0.2, 0.25) is 0 Å². The first-order valence-electron chi connectivity index (χ1n) is 12.2. The zero-order valence-electron chi connectivity index (χ0n) is 19.9. The Labute approximate surface area is 193 Å². The first kappa shape index (κ1) is 22.3. The minimum Gasteiger partial charge on any atom is -0.381 e. The third-order valence-electron chi connectivity index (χ3n) is 6.79. The third-order valence-corrected chi connectivity index (χ3v) is 6.79. The van der Waals surface area contributed by atoms with Crippen LogP contribution in [0.1, 0.15) is 66.5 Å². The molecule has 1 saturated carbocycles. The molecular weight excluding hydrogens is 388 g/mol. The van der Waals surface area contributed by atoms with Gasteiger partial charge in [-0.05, 0) is 78.5 Å². The van der Waals surface area contributed by atoms with Crippen molar-refractivity contribution in [3.63, 3.8) is 0 Å². The summed E-state index contributed by atoms with van der Waals surface area (Å²) in [6.07, 6.45) is 9.14. The van der Waals surface area contributed by atoms with Gasteiger partial charge < -0.3 is 5.32 Å². The van der Waals surface area contributed by atoms with E-state index < -0.39 is 0 Å². The number of rotatable bonds is 10. The zero-order valence-corrected chi connectivity index (χ0v) is 19.9. The molecule has 0 saturated heterocycles. The van der Waals surface area contributed by atoms with Crippen LogP contribution in [-0.2, 0) is 25.8 Å². The fraction of sp³-hybridized carbons (Fsp3) is 0.367. The predicted molar refractivity (Wildman–Crippen MR) is 137 cm³/mol. The quantitative estimate of drug-likeness (QED) is 0.370. The number of pyridine rings is 1. The lowest BCUT2D eigenvalue weighted by Crippen LogP contribution is -2.13. The Kier molecular flexibility index (Phi) is 7.09. The number of aryl methyl sites for hydroxylation is 4. The van der Waals surface area contributed by atoms with Crippen LogP contribution in [0.4, 0.5) is 0 Å². The van der Waals surface area contributed by atoms with Crippen LogP contribution in [0.5, 0.6) is 0 Å². The lowest BCUT2D eigenvalue weighted by atomic mass is 9.94. The van der Waals surface area contributed by atoms with E-state index in [2.05, 4.69) is 75.1 Å². The van der Waals surface area contributed by atoms with Gasteiger partial charge in [0.25, 0.3) is 0 Å². The molecule has 2 nitrogen and oxygen atoms in total. The van der Waals surface area contributed by atoms with E-state index in [4.69, 9.17) is 4.98 Å². The van der Waals surface area contributed by atoms with Crippen LogP contribution in [0.25, 0.3) is 17.0 Å². The van der Waals surface area contributed by atoms with Gasteiger partial charge >= 0.3 is 0 Å². The monoisotopic (exact) mass is 424 g/mol. The van der Waals surface area contributed by atoms with Crippen molar-refractivity contribution in [1.82, 2.24) is 10.3 Å². The van der Waals surface area contributed by atoms with Crippen molar-refractivity contribution in [3.8, 4) is 11.3 Å². The molecule has 1 fully saturated rings. The zero-order chi connectivity index (χ0) is 22.5. The van der Waals surface area contributed by atoms with Gasteiger partial charge in [0.15, 0.2) is 0 Å². The average Bonchev–Trinajstić information content (AvgIpc) is 3.66. The Morgan fingerprint density at radius 2 is 1.78 bits per heavy atom. The van der Waals surface area contributed by atoms with Gasteiger partial charge in [-0.3, -0.25) is 4.98 Å². The van der Waals surface area contributed by atoms with Gasteiger partial charge in [-0.25, -0.2) is 0 Å². The van der Waals surface area contributed by atoms with Gasteiger partial charge in [0, 0.05) is 29.6 Å². The highest BCUT2D eigenvalue weighted by atomic mass is 14.9. The third kappa shape index (κ3) is 5.30. The van der Waals surface area contributed by atoms with Crippen molar-refractivity contribution in [1.29, 1.82) is 0 Å². The van der Waals surface area contributed by atoms with Crippen LogP contribution >= 0.6 is 0 Å². The number of hydrogen-bond donors (Lipinski definition) is 1. The van der Waals surface area contributed by atoms with Crippen LogP contribution in [0.3, 0.4) is 0 Å².